The van der Waals surface area contributed by atoms with Crippen LogP contribution in [0.1, 0.15) is 18.4 Å². The second kappa shape index (κ2) is 6.61. The Kier molecular flexibility index (Phi) is 4.84. The molecule has 20 heavy (non-hydrogen) atoms. The molecule has 1 aliphatic rings. The average Bonchev–Trinajstić information content (AvgIpc) is 2.90. The van der Waals surface area contributed by atoms with Gasteiger partial charge in [0.2, 0.25) is 0 Å². The summed E-state index contributed by atoms with van der Waals surface area (Å²) in [5, 5.41) is 12.5. The molecule has 1 atom stereocenters. The molecule has 2 rings (SSSR count). The van der Waals surface area contributed by atoms with Crippen molar-refractivity contribution >= 4 is 23.6 Å². The van der Waals surface area contributed by atoms with Crippen LogP contribution in [0.2, 0.25) is 5.02 Å². The molecule has 1 aromatic rings. The molecule has 0 spiro atoms. The SMILES string of the molecule is O=C(O)[C@@H]1CCCN1C(=O)NCCc1ccc(Cl)cc1. The highest BCUT2D eigenvalue weighted by atomic mass is 35.5. The van der Waals surface area contributed by atoms with Crippen molar-refractivity contribution in [1.82, 2.24) is 10.2 Å². The minimum Gasteiger partial charge on any atom is -0.480 e. The standard InChI is InChI=1S/C14H17ClN2O3/c15-11-5-3-10(4-6-11)7-8-16-14(20)17-9-1-2-12(17)13(18)19/h3-6,12H,1-2,7-9H2,(H,16,20)(H,18,19)/t12-/m0/s1. The summed E-state index contributed by atoms with van der Waals surface area (Å²) in [6, 6.07) is 6.43. The molecule has 6 heteroatoms. The number of amides is 2. The van der Waals surface area contributed by atoms with E-state index in [9.17, 15) is 9.59 Å². The summed E-state index contributed by atoms with van der Waals surface area (Å²) in [4.78, 5) is 24.3. The van der Waals surface area contributed by atoms with Crippen molar-refractivity contribution in [3.63, 3.8) is 0 Å². The van der Waals surface area contributed by atoms with Crippen molar-refractivity contribution in [2.45, 2.75) is 25.3 Å². The second-order valence-electron chi connectivity index (χ2n) is 4.80. The number of halogens is 1. The molecule has 108 valence electrons. The van der Waals surface area contributed by atoms with E-state index in [0.29, 0.717) is 31.0 Å². The van der Waals surface area contributed by atoms with Crippen LogP contribution in [0, 0.1) is 0 Å². The molecule has 1 aromatic carbocycles. The van der Waals surface area contributed by atoms with Gasteiger partial charge in [0.25, 0.3) is 0 Å². The van der Waals surface area contributed by atoms with Gasteiger partial charge in [-0.2, -0.15) is 0 Å². The Hall–Kier alpha value is -1.75. The number of carbonyl (C=O) groups is 2. The number of hydrogen-bond acceptors (Lipinski definition) is 2. The Bertz CT molecular complexity index is 490. The maximum absolute atomic E-state index is 11.9. The first-order valence-electron chi connectivity index (χ1n) is 6.59. The summed E-state index contributed by atoms with van der Waals surface area (Å²) in [6.07, 6.45) is 1.95. The molecular weight excluding hydrogens is 280 g/mol. The lowest BCUT2D eigenvalue weighted by Crippen LogP contribution is -2.46. The number of carboxylic acids is 1. The number of rotatable bonds is 4. The Morgan fingerprint density at radius 1 is 1.35 bits per heavy atom. The summed E-state index contributed by atoms with van der Waals surface area (Å²) in [5.41, 5.74) is 1.07. The number of benzene rings is 1. The third-order valence-electron chi connectivity index (χ3n) is 3.40. The normalized spacial score (nSPS) is 18.1. The fraction of sp³-hybridized carbons (Fsp3) is 0.429. The first-order valence-corrected chi connectivity index (χ1v) is 6.97. The van der Waals surface area contributed by atoms with Gasteiger partial charge in [-0.05, 0) is 37.0 Å². The van der Waals surface area contributed by atoms with Gasteiger partial charge < -0.3 is 15.3 Å². The van der Waals surface area contributed by atoms with Crippen molar-refractivity contribution < 1.29 is 14.7 Å². The maximum Gasteiger partial charge on any atom is 0.326 e. The quantitative estimate of drug-likeness (QED) is 0.894. The molecule has 1 heterocycles. The van der Waals surface area contributed by atoms with Gasteiger partial charge in [-0.3, -0.25) is 0 Å². The van der Waals surface area contributed by atoms with Gasteiger partial charge in [-0.1, -0.05) is 23.7 Å². The van der Waals surface area contributed by atoms with Crippen LogP contribution in [0.25, 0.3) is 0 Å². The van der Waals surface area contributed by atoms with Crippen LogP contribution in [0.3, 0.4) is 0 Å². The van der Waals surface area contributed by atoms with E-state index < -0.39 is 12.0 Å². The second-order valence-corrected chi connectivity index (χ2v) is 5.23. The largest absolute Gasteiger partial charge is 0.480 e. The summed E-state index contributed by atoms with van der Waals surface area (Å²) >= 11 is 5.80. The van der Waals surface area contributed by atoms with Crippen LogP contribution in [0.5, 0.6) is 0 Å². The van der Waals surface area contributed by atoms with Crippen molar-refractivity contribution in [3.05, 3.63) is 34.9 Å². The van der Waals surface area contributed by atoms with E-state index in [1.807, 2.05) is 12.1 Å². The average molecular weight is 297 g/mol. The molecule has 1 fully saturated rings. The molecule has 0 radical (unpaired) electrons. The number of hydrogen-bond donors (Lipinski definition) is 2. The highest BCUT2D eigenvalue weighted by Gasteiger charge is 2.33. The monoisotopic (exact) mass is 296 g/mol. The number of nitrogens with one attached hydrogen (secondary N) is 1. The molecule has 0 bridgehead atoms. The first kappa shape index (κ1) is 14.7. The summed E-state index contributed by atoms with van der Waals surface area (Å²) in [6.45, 7) is 0.979. The minimum absolute atomic E-state index is 0.302. The van der Waals surface area contributed by atoms with Crippen molar-refractivity contribution in [2.24, 2.45) is 0 Å². The molecule has 0 aromatic heterocycles. The number of likely N-dealkylation sites (tertiary alicyclic amines) is 1. The van der Waals surface area contributed by atoms with Crippen LogP contribution in [0.15, 0.2) is 24.3 Å². The summed E-state index contributed by atoms with van der Waals surface area (Å²) in [5.74, 6) is -0.935. The van der Waals surface area contributed by atoms with Gasteiger partial charge in [-0.15, -0.1) is 0 Å². The van der Waals surface area contributed by atoms with Crippen LogP contribution in [-0.4, -0.2) is 41.1 Å². The van der Waals surface area contributed by atoms with E-state index in [-0.39, 0.29) is 6.03 Å². The molecule has 0 unspecified atom stereocenters. The lowest BCUT2D eigenvalue weighted by Gasteiger charge is -2.21. The molecule has 5 nitrogen and oxygen atoms in total. The van der Waals surface area contributed by atoms with Crippen LogP contribution in [0.4, 0.5) is 4.79 Å². The predicted octanol–water partition coefficient (Wildman–Crippen LogP) is 2.14. The molecule has 0 aliphatic carbocycles. The van der Waals surface area contributed by atoms with Crippen LogP contribution >= 0.6 is 11.6 Å². The van der Waals surface area contributed by atoms with Crippen molar-refractivity contribution in [3.8, 4) is 0 Å². The summed E-state index contributed by atoms with van der Waals surface area (Å²) < 4.78 is 0. The Labute approximate surface area is 122 Å². The van der Waals surface area contributed by atoms with Crippen LogP contribution in [-0.2, 0) is 11.2 Å². The zero-order chi connectivity index (χ0) is 14.5. The fourth-order valence-corrected chi connectivity index (χ4v) is 2.46. The van der Waals surface area contributed by atoms with Gasteiger partial charge in [0, 0.05) is 18.1 Å². The smallest absolute Gasteiger partial charge is 0.326 e. The highest BCUT2D eigenvalue weighted by Crippen LogP contribution is 2.17. The maximum atomic E-state index is 11.9. The molecule has 2 N–H and O–H groups in total. The van der Waals surface area contributed by atoms with E-state index in [0.717, 1.165) is 12.0 Å². The third-order valence-corrected chi connectivity index (χ3v) is 3.65. The lowest BCUT2D eigenvalue weighted by atomic mass is 10.1. The fourth-order valence-electron chi connectivity index (χ4n) is 2.33. The van der Waals surface area contributed by atoms with Crippen LogP contribution < -0.4 is 5.32 Å². The molecule has 2 amide bonds. The highest BCUT2D eigenvalue weighted by molar-refractivity contribution is 6.30. The van der Waals surface area contributed by atoms with Gasteiger partial charge in [0.1, 0.15) is 6.04 Å². The van der Waals surface area contributed by atoms with E-state index in [1.54, 1.807) is 12.1 Å². The number of carboxylic acid groups (broad SMARTS) is 1. The predicted molar refractivity (Wildman–Crippen MR) is 75.9 cm³/mol. The number of carbonyl (C=O) groups excluding carboxylic acids is 1. The van der Waals surface area contributed by atoms with Gasteiger partial charge in [0.05, 0.1) is 0 Å². The molecular formula is C14H17ClN2O3. The first-order chi connectivity index (χ1) is 9.58. The molecule has 1 aliphatic heterocycles. The zero-order valence-electron chi connectivity index (χ0n) is 11.0. The number of nitrogens with zero attached hydrogens (tertiary/aromatic N) is 1. The third kappa shape index (κ3) is 3.63. The molecule has 0 saturated carbocycles. The Morgan fingerprint density at radius 2 is 2.05 bits per heavy atom. The Morgan fingerprint density at radius 3 is 2.70 bits per heavy atom. The zero-order valence-corrected chi connectivity index (χ0v) is 11.8. The van der Waals surface area contributed by atoms with E-state index in [1.165, 1.54) is 4.90 Å². The number of aliphatic carboxylic acids is 1. The topological polar surface area (TPSA) is 69.6 Å². The lowest BCUT2D eigenvalue weighted by molar-refractivity contribution is -0.141. The van der Waals surface area contributed by atoms with Crippen molar-refractivity contribution in [1.29, 1.82) is 0 Å². The Balaban J connectivity index is 1.80. The van der Waals surface area contributed by atoms with Gasteiger partial charge in [0.15, 0.2) is 0 Å². The van der Waals surface area contributed by atoms with Gasteiger partial charge >= 0.3 is 12.0 Å². The van der Waals surface area contributed by atoms with Crippen molar-refractivity contribution in [2.75, 3.05) is 13.1 Å². The summed E-state index contributed by atoms with van der Waals surface area (Å²) in [7, 11) is 0. The van der Waals surface area contributed by atoms with E-state index in [2.05, 4.69) is 5.32 Å². The van der Waals surface area contributed by atoms with Gasteiger partial charge in [-0.25, -0.2) is 9.59 Å². The van der Waals surface area contributed by atoms with E-state index >= 15 is 0 Å². The number of urea groups is 1. The molecule has 1 saturated heterocycles. The minimum atomic E-state index is -0.935. The van der Waals surface area contributed by atoms with E-state index in [4.69, 9.17) is 16.7 Å².